The zero-order chi connectivity index (χ0) is 14.2. The quantitative estimate of drug-likeness (QED) is 0.782. The van der Waals surface area contributed by atoms with Crippen LogP contribution in [0, 0.1) is 5.82 Å². The Bertz CT molecular complexity index is 590. The van der Waals surface area contributed by atoms with Gasteiger partial charge in [-0.1, -0.05) is 0 Å². The van der Waals surface area contributed by atoms with E-state index in [0.29, 0.717) is 4.47 Å². The standard InChI is InChI=1S/C11H14BrFN2O3S/c12-8-5-9(13)11(6-10(8)14)19(17,18)15(3-4-16)7-1-2-7/h5-7,16H,1-4,14H2. The number of rotatable bonds is 5. The predicted octanol–water partition coefficient (Wildman–Crippen LogP) is 1.32. The molecule has 1 saturated carbocycles. The molecule has 0 radical (unpaired) electrons. The van der Waals surface area contributed by atoms with Crippen LogP contribution in [-0.2, 0) is 10.0 Å². The molecular weight excluding hydrogens is 339 g/mol. The summed E-state index contributed by atoms with van der Waals surface area (Å²) in [5.41, 5.74) is 5.76. The number of aliphatic hydroxyl groups is 1. The molecule has 1 aliphatic carbocycles. The second kappa shape index (κ2) is 5.35. The highest BCUT2D eigenvalue weighted by Crippen LogP contribution is 2.34. The molecule has 0 heterocycles. The Labute approximate surface area is 119 Å². The molecule has 0 saturated heterocycles. The van der Waals surface area contributed by atoms with Crippen molar-refractivity contribution >= 4 is 31.6 Å². The van der Waals surface area contributed by atoms with Crippen molar-refractivity contribution in [1.29, 1.82) is 0 Å². The molecule has 1 aromatic rings. The summed E-state index contributed by atoms with van der Waals surface area (Å²) in [6.07, 6.45) is 1.46. The van der Waals surface area contributed by atoms with Crippen molar-refractivity contribution in [3.8, 4) is 0 Å². The third-order valence-corrected chi connectivity index (χ3v) is 5.57. The first kappa shape index (κ1) is 14.7. The zero-order valence-electron chi connectivity index (χ0n) is 10.0. The molecule has 0 aliphatic heterocycles. The van der Waals surface area contributed by atoms with Crippen LogP contribution in [0.2, 0.25) is 0 Å². The van der Waals surface area contributed by atoms with Crippen molar-refractivity contribution in [2.24, 2.45) is 0 Å². The summed E-state index contributed by atoms with van der Waals surface area (Å²) in [6.45, 7) is -0.342. The van der Waals surface area contributed by atoms with Crippen LogP contribution in [-0.4, -0.2) is 37.0 Å². The summed E-state index contributed by atoms with van der Waals surface area (Å²) < 4.78 is 40.1. The van der Waals surface area contributed by atoms with Gasteiger partial charge in [0, 0.05) is 22.7 Å². The number of hydrogen-bond donors (Lipinski definition) is 2. The minimum absolute atomic E-state index is 0.0393. The SMILES string of the molecule is Nc1cc(S(=O)(=O)N(CCO)C2CC2)c(F)cc1Br. The number of sulfonamides is 1. The van der Waals surface area contributed by atoms with E-state index in [4.69, 9.17) is 10.8 Å². The monoisotopic (exact) mass is 352 g/mol. The highest BCUT2D eigenvalue weighted by molar-refractivity contribution is 9.10. The lowest BCUT2D eigenvalue weighted by Gasteiger charge is -2.21. The number of nitrogen functional groups attached to an aromatic ring is 1. The van der Waals surface area contributed by atoms with Crippen LogP contribution in [0.5, 0.6) is 0 Å². The van der Waals surface area contributed by atoms with E-state index >= 15 is 0 Å². The Morgan fingerprint density at radius 1 is 1.47 bits per heavy atom. The van der Waals surface area contributed by atoms with Crippen molar-refractivity contribution in [2.75, 3.05) is 18.9 Å². The molecule has 1 fully saturated rings. The summed E-state index contributed by atoms with van der Waals surface area (Å²) in [5.74, 6) is -0.857. The lowest BCUT2D eigenvalue weighted by atomic mass is 10.3. The Balaban J connectivity index is 2.46. The second-order valence-electron chi connectivity index (χ2n) is 4.37. The third kappa shape index (κ3) is 2.91. The molecule has 19 heavy (non-hydrogen) atoms. The average molecular weight is 353 g/mol. The summed E-state index contributed by atoms with van der Waals surface area (Å²) in [5, 5.41) is 8.96. The fourth-order valence-corrected chi connectivity index (χ4v) is 3.90. The molecule has 0 atom stereocenters. The Morgan fingerprint density at radius 2 is 2.11 bits per heavy atom. The van der Waals surface area contributed by atoms with Crippen molar-refractivity contribution in [1.82, 2.24) is 4.31 Å². The van der Waals surface area contributed by atoms with Gasteiger partial charge < -0.3 is 10.8 Å². The van der Waals surface area contributed by atoms with Gasteiger partial charge in [-0.05, 0) is 40.9 Å². The van der Waals surface area contributed by atoms with Gasteiger partial charge in [0.15, 0.2) is 0 Å². The van der Waals surface area contributed by atoms with E-state index in [0.717, 1.165) is 29.3 Å². The van der Waals surface area contributed by atoms with E-state index in [1.165, 1.54) is 0 Å². The normalized spacial score (nSPS) is 16.0. The maximum atomic E-state index is 13.9. The molecule has 5 nitrogen and oxygen atoms in total. The average Bonchev–Trinajstić information content (AvgIpc) is 3.14. The van der Waals surface area contributed by atoms with Crippen molar-refractivity contribution in [3.05, 3.63) is 22.4 Å². The lowest BCUT2D eigenvalue weighted by molar-refractivity contribution is 0.250. The topological polar surface area (TPSA) is 83.6 Å². The van der Waals surface area contributed by atoms with Gasteiger partial charge in [-0.25, -0.2) is 12.8 Å². The van der Waals surface area contributed by atoms with Gasteiger partial charge in [0.1, 0.15) is 10.7 Å². The molecule has 8 heteroatoms. The van der Waals surface area contributed by atoms with Crippen LogP contribution < -0.4 is 5.73 Å². The maximum Gasteiger partial charge on any atom is 0.246 e. The largest absolute Gasteiger partial charge is 0.398 e. The molecule has 0 amide bonds. The van der Waals surface area contributed by atoms with E-state index < -0.39 is 20.7 Å². The molecule has 106 valence electrons. The van der Waals surface area contributed by atoms with E-state index in [-0.39, 0.29) is 24.9 Å². The third-order valence-electron chi connectivity index (χ3n) is 2.91. The first-order chi connectivity index (χ1) is 8.87. The maximum absolute atomic E-state index is 13.9. The summed E-state index contributed by atoms with van der Waals surface area (Å²) in [4.78, 5) is -0.450. The molecule has 3 N–H and O–H groups in total. The fraction of sp³-hybridized carbons (Fsp3) is 0.455. The predicted molar refractivity (Wildman–Crippen MR) is 72.5 cm³/mol. The van der Waals surface area contributed by atoms with E-state index in [1.54, 1.807) is 0 Å². The zero-order valence-corrected chi connectivity index (χ0v) is 12.4. The van der Waals surface area contributed by atoms with Gasteiger partial charge in [0.25, 0.3) is 0 Å². The number of anilines is 1. The number of halogens is 2. The van der Waals surface area contributed by atoms with Gasteiger partial charge >= 0.3 is 0 Å². The molecule has 0 unspecified atom stereocenters. The summed E-state index contributed by atoms with van der Waals surface area (Å²) >= 11 is 3.04. The Hall–Kier alpha value is -0.700. The Kier molecular flexibility index (Phi) is 4.14. The van der Waals surface area contributed by atoms with Gasteiger partial charge in [-0.3, -0.25) is 0 Å². The van der Waals surface area contributed by atoms with Gasteiger partial charge in [0.05, 0.1) is 6.61 Å². The molecular formula is C11H14BrFN2O3S. The number of nitrogens with zero attached hydrogens (tertiary/aromatic N) is 1. The molecule has 0 spiro atoms. The van der Waals surface area contributed by atoms with E-state index in [9.17, 15) is 12.8 Å². The van der Waals surface area contributed by atoms with Crippen molar-refractivity contribution < 1.29 is 17.9 Å². The summed E-state index contributed by atoms with van der Waals surface area (Å²) in [7, 11) is -3.97. The van der Waals surface area contributed by atoms with Crippen LogP contribution in [0.25, 0.3) is 0 Å². The van der Waals surface area contributed by atoms with Crippen molar-refractivity contribution in [3.63, 3.8) is 0 Å². The van der Waals surface area contributed by atoms with Gasteiger partial charge in [-0.15, -0.1) is 0 Å². The fourth-order valence-electron chi connectivity index (χ4n) is 1.83. The lowest BCUT2D eigenvalue weighted by Crippen LogP contribution is -2.36. The van der Waals surface area contributed by atoms with Crippen LogP contribution in [0.4, 0.5) is 10.1 Å². The number of benzene rings is 1. The minimum Gasteiger partial charge on any atom is -0.398 e. The first-order valence-corrected chi connectivity index (χ1v) is 7.98. The molecule has 0 aromatic heterocycles. The first-order valence-electron chi connectivity index (χ1n) is 5.75. The highest BCUT2D eigenvalue weighted by atomic mass is 79.9. The van der Waals surface area contributed by atoms with Crippen LogP contribution in [0.15, 0.2) is 21.5 Å². The number of nitrogens with two attached hydrogens (primary N) is 1. The van der Waals surface area contributed by atoms with Crippen LogP contribution in [0.3, 0.4) is 0 Å². The Morgan fingerprint density at radius 3 is 2.63 bits per heavy atom. The van der Waals surface area contributed by atoms with Crippen molar-refractivity contribution in [2.45, 2.75) is 23.8 Å². The second-order valence-corrected chi connectivity index (χ2v) is 7.09. The molecule has 2 rings (SSSR count). The number of hydrogen-bond acceptors (Lipinski definition) is 4. The minimum atomic E-state index is -3.97. The van der Waals surface area contributed by atoms with E-state index in [1.807, 2.05) is 0 Å². The van der Waals surface area contributed by atoms with E-state index in [2.05, 4.69) is 15.9 Å². The molecule has 1 aromatic carbocycles. The van der Waals surface area contributed by atoms with Crippen LogP contribution in [0.1, 0.15) is 12.8 Å². The van der Waals surface area contributed by atoms with Crippen LogP contribution >= 0.6 is 15.9 Å². The smallest absolute Gasteiger partial charge is 0.246 e. The number of aliphatic hydroxyl groups excluding tert-OH is 1. The molecule has 0 bridgehead atoms. The van der Waals surface area contributed by atoms with Gasteiger partial charge in [-0.2, -0.15) is 4.31 Å². The molecule has 1 aliphatic rings. The summed E-state index contributed by atoms with van der Waals surface area (Å²) in [6, 6.07) is 1.98. The highest BCUT2D eigenvalue weighted by Gasteiger charge is 2.39. The van der Waals surface area contributed by atoms with Gasteiger partial charge in [0.2, 0.25) is 10.0 Å².